The fourth-order valence-electron chi connectivity index (χ4n) is 3.30. The lowest BCUT2D eigenvalue weighted by atomic mass is 9.98. The van der Waals surface area contributed by atoms with Gasteiger partial charge in [0, 0.05) is 12.1 Å². The topological polar surface area (TPSA) is 78.8 Å². The number of thiophene rings is 1. The Labute approximate surface area is 173 Å². The molecule has 1 aromatic heterocycles. The monoisotopic (exact) mass is 425 g/mol. The van der Waals surface area contributed by atoms with Crippen LogP contribution in [0.1, 0.15) is 33.3 Å². The molecule has 0 saturated carbocycles. The summed E-state index contributed by atoms with van der Waals surface area (Å²) < 4.78 is 25.6. The lowest BCUT2D eigenvalue weighted by Crippen LogP contribution is -2.26. The van der Waals surface area contributed by atoms with E-state index in [2.05, 4.69) is 9.82 Å². The van der Waals surface area contributed by atoms with Gasteiger partial charge in [-0.05, 0) is 34.7 Å². The average Bonchev–Trinajstić information content (AvgIpc) is 3.37. The van der Waals surface area contributed by atoms with E-state index in [4.69, 9.17) is 0 Å². The lowest BCUT2D eigenvalue weighted by molar-refractivity contribution is 0.0716. The number of benzene rings is 2. The first-order valence-corrected chi connectivity index (χ1v) is 11.8. The van der Waals surface area contributed by atoms with Crippen LogP contribution in [-0.2, 0) is 10.0 Å². The zero-order valence-electron chi connectivity index (χ0n) is 15.6. The molecule has 0 fully saturated rings. The van der Waals surface area contributed by atoms with E-state index >= 15 is 0 Å². The number of amides is 1. The molecule has 0 unspecified atom stereocenters. The third-order valence-corrected chi connectivity index (χ3v) is 6.00. The van der Waals surface area contributed by atoms with Crippen molar-refractivity contribution in [1.82, 2.24) is 5.01 Å². The molecule has 0 saturated heterocycles. The van der Waals surface area contributed by atoms with Gasteiger partial charge in [0.05, 0.1) is 22.9 Å². The van der Waals surface area contributed by atoms with Gasteiger partial charge in [-0.25, -0.2) is 13.4 Å². The number of carbonyl (C=O) groups excluding carboxylic acids is 1. The molecule has 1 N–H and O–H groups in total. The van der Waals surface area contributed by atoms with Crippen molar-refractivity contribution in [2.45, 2.75) is 12.5 Å². The standard InChI is InChI=1S/C21H19N3O3S2/c1-29(26,27)23-17-10-5-9-16(13-17)18-14-19(15-7-3-2-4-8-15)24(22-18)21(25)20-11-6-12-28-20/h2-13,19,23H,14H2,1H3/t19-/m1/s1. The van der Waals surface area contributed by atoms with Crippen LogP contribution in [0.4, 0.5) is 5.69 Å². The van der Waals surface area contributed by atoms with Crippen LogP contribution in [0.2, 0.25) is 0 Å². The number of nitrogens with one attached hydrogen (secondary N) is 1. The van der Waals surface area contributed by atoms with E-state index in [-0.39, 0.29) is 11.9 Å². The fraction of sp³-hybridized carbons (Fsp3) is 0.143. The Morgan fingerprint density at radius 1 is 1.10 bits per heavy atom. The van der Waals surface area contributed by atoms with Crippen LogP contribution in [-0.4, -0.2) is 31.3 Å². The number of rotatable bonds is 5. The largest absolute Gasteiger partial charge is 0.284 e. The Hall–Kier alpha value is -2.97. The van der Waals surface area contributed by atoms with Crippen LogP contribution in [0.15, 0.2) is 77.2 Å². The van der Waals surface area contributed by atoms with Crippen molar-refractivity contribution in [3.63, 3.8) is 0 Å². The second-order valence-corrected chi connectivity index (χ2v) is 9.46. The molecule has 1 aliphatic heterocycles. The first-order chi connectivity index (χ1) is 13.9. The van der Waals surface area contributed by atoms with Crippen molar-refractivity contribution in [3.05, 3.63) is 88.1 Å². The zero-order valence-corrected chi connectivity index (χ0v) is 17.3. The summed E-state index contributed by atoms with van der Waals surface area (Å²) in [5.41, 5.74) is 2.98. The van der Waals surface area contributed by atoms with Gasteiger partial charge in [0.1, 0.15) is 0 Å². The van der Waals surface area contributed by atoms with E-state index in [0.717, 1.165) is 23.1 Å². The highest BCUT2D eigenvalue weighted by molar-refractivity contribution is 7.92. The SMILES string of the molecule is CS(=O)(=O)Nc1cccc(C2=NN(C(=O)c3cccs3)[C@@H](c3ccccc3)C2)c1. The number of anilines is 1. The van der Waals surface area contributed by atoms with Gasteiger partial charge in [-0.15, -0.1) is 11.3 Å². The third kappa shape index (κ3) is 4.38. The fourth-order valence-corrected chi connectivity index (χ4v) is 4.51. The van der Waals surface area contributed by atoms with Crippen molar-refractivity contribution >= 4 is 38.7 Å². The number of nitrogens with zero attached hydrogens (tertiary/aromatic N) is 2. The van der Waals surface area contributed by atoms with Gasteiger partial charge >= 0.3 is 0 Å². The van der Waals surface area contributed by atoms with Gasteiger partial charge in [-0.2, -0.15) is 5.10 Å². The Morgan fingerprint density at radius 3 is 2.59 bits per heavy atom. The molecular formula is C21H19N3O3S2. The normalized spacial score (nSPS) is 16.5. The van der Waals surface area contributed by atoms with Crippen LogP contribution in [0, 0.1) is 0 Å². The molecule has 0 spiro atoms. The molecule has 2 heterocycles. The Morgan fingerprint density at radius 2 is 1.90 bits per heavy atom. The molecule has 6 nitrogen and oxygen atoms in total. The van der Waals surface area contributed by atoms with Crippen LogP contribution in [0.25, 0.3) is 0 Å². The summed E-state index contributed by atoms with van der Waals surface area (Å²) in [4.78, 5) is 13.7. The maximum atomic E-state index is 13.1. The molecule has 148 valence electrons. The second kappa shape index (κ2) is 7.81. The van der Waals surface area contributed by atoms with Crippen molar-refractivity contribution in [2.24, 2.45) is 5.10 Å². The smallest absolute Gasteiger partial charge is 0.284 e. The molecule has 2 aromatic carbocycles. The summed E-state index contributed by atoms with van der Waals surface area (Å²) in [5, 5.41) is 8.04. The quantitative estimate of drug-likeness (QED) is 0.668. The van der Waals surface area contributed by atoms with Crippen molar-refractivity contribution in [2.75, 3.05) is 11.0 Å². The van der Waals surface area contributed by atoms with E-state index in [0.29, 0.717) is 17.0 Å². The molecule has 3 aromatic rings. The summed E-state index contributed by atoms with van der Waals surface area (Å²) in [6, 6.07) is 20.3. The minimum Gasteiger partial charge on any atom is -0.284 e. The molecule has 0 radical (unpaired) electrons. The molecular weight excluding hydrogens is 406 g/mol. The third-order valence-electron chi connectivity index (χ3n) is 4.53. The molecule has 1 aliphatic rings. The summed E-state index contributed by atoms with van der Waals surface area (Å²) >= 11 is 1.38. The van der Waals surface area contributed by atoms with E-state index in [9.17, 15) is 13.2 Å². The molecule has 4 rings (SSSR count). The Bertz CT molecular complexity index is 1160. The molecule has 0 aliphatic carbocycles. The first kappa shape index (κ1) is 19.4. The average molecular weight is 426 g/mol. The first-order valence-electron chi connectivity index (χ1n) is 8.98. The number of hydrogen-bond donors (Lipinski definition) is 1. The second-order valence-electron chi connectivity index (χ2n) is 6.76. The summed E-state index contributed by atoms with van der Waals surface area (Å²) in [5.74, 6) is -0.144. The molecule has 29 heavy (non-hydrogen) atoms. The highest BCUT2D eigenvalue weighted by Gasteiger charge is 2.34. The van der Waals surface area contributed by atoms with E-state index in [1.165, 1.54) is 16.3 Å². The zero-order chi connectivity index (χ0) is 20.4. The van der Waals surface area contributed by atoms with Crippen molar-refractivity contribution in [1.29, 1.82) is 0 Å². The maximum Gasteiger partial charge on any atom is 0.284 e. The number of hydrazone groups is 1. The molecule has 1 atom stereocenters. The van der Waals surface area contributed by atoms with Crippen LogP contribution < -0.4 is 4.72 Å². The highest BCUT2D eigenvalue weighted by atomic mass is 32.2. The van der Waals surface area contributed by atoms with E-state index in [1.807, 2.05) is 47.8 Å². The summed E-state index contributed by atoms with van der Waals surface area (Å²) in [7, 11) is -3.38. The molecule has 8 heteroatoms. The van der Waals surface area contributed by atoms with Gasteiger partial charge in [0.25, 0.3) is 5.91 Å². The number of sulfonamides is 1. The summed E-state index contributed by atoms with van der Waals surface area (Å²) in [6.45, 7) is 0. The lowest BCUT2D eigenvalue weighted by Gasteiger charge is -2.21. The Balaban J connectivity index is 1.70. The minimum atomic E-state index is -3.38. The van der Waals surface area contributed by atoms with Crippen LogP contribution in [0.5, 0.6) is 0 Å². The molecule has 0 bridgehead atoms. The van der Waals surface area contributed by atoms with Crippen molar-refractivity contribution in [3.8, 4) is 0 Å². The van der Waals surface area contributed by atoms with E-state index < -0.39 is 10.0 Å². The predicted molar refractivity (Wildman–Crippen MR) is 116 cm³/mol. The van der Waals surface area contributed by atoms with E-state index in [1.54, 1.807) is 24.3 Å². The number of carbonyl (C=O) groups is 1. The van der Waals surface area contributed by atoms with Gasteiger partial charge in [-0.1, -0.05) is 48.5 Å². The molecule has 1 amide bonds. The van der Waals surface area contributed by atoms with Gasteiger partial charge < -0.3 is 0 Å². The maximum absolute atomic E-state index is 13.1. The highest BCUT2D eigenvalue weighted by Crippen LogP contribution is 2.34. The minimum absolute atomic E-state index is 0.144. The summed E-state index contributed by atoms with van der Waals surface area (Å²) in [6.07, 6.45) is 1.66. The van der Waals surface area contributed by atoms with Crippen molar-refractivity contribution < 1.29 is 13.2 Å². The van der Waals surface area contributed by atoms with Crippen LogP contribution >= 0.6 is 11.3 Å². The van der Waals surface area contributed by atoms with Gasteiger partial charge in [0.15, 0.2) is 0 Å². The van der Waals surface area contributed by atoms with Gasteiger partial charge in [0.2, 0.25) is 10.0 Å². The van der Waals surface area contributed by atoms with Crippen LogP contribution in [0.3, 0.4) is 0 Å². The predicted octanol–water partition coefficient (Wildman–Crippen LogP) is 4.11. The Kier molecular flexibility index (Phi) is 5.21. The van der Waals surface area contributed by atoms with Gasteiger partial charge in [-0.3, -0.25) is 9.52 Å². The number of hydrogen-bond acceptors (Lipinski definition) is 5.